The Morgan fingerprint density at radius 3 is 2.50 bits per heavy atom. The van der Waals surface area contributed by atoms with Crippen LogP contribution in [0.2, 0.25) is 5.28 Å². The molecule has 170 valence electrons. The number of benzene rings is 1. The van der Waals surface area contributed by atoms with Gasteiger partial charge in [0, 0.05) is 5.41 Å². The third kappa shape index (κ3) is 2.50. The maximum absolute atomic E-state index is 6.12. The van der Waals surface area contributed by atoms with Crippen LogP contribution in [0.3, 0.4) is 0 Å². The predicted octanol–water partition coefficient (Wildman–Crippen LogP) is 3.96. The largest absolute Gasteiger partial charge is 0.245 e. The zero-order valence-corrected chi connectivity index (χ0v) is 19.2. The van der Waals surface area contributed by atoms with Crippen molar-refractivity contribution in [3.63, 3.8) is 0 Å². The molecule has 4 aromatic heterocycles. The zero-order valence-electron chi connectivity index (χ0n) is 18.4. The Hall–Kier alpha value is -3.33. The van der Waals surface area contributed by atoms with E-state index in [4.69, 9.17) is 26.7 Å². The molecule has 10 heteroatoms. The number of rotatable bonds is 3. The predicted molar refractivity (Wildman–Crippen MR) is 125 cm³/mol. The fourth-order valence-electron chi connectivity index (χ4n) is 7.52. The molecule has 0 aliphatic heterocycles. The summed E-state index contributed by atoms with van der Waals surface area (Å²) in [4.78, 5) is 14.1. The van der Waals surface area contributed by atoms with Crippen LogP contribution in [0.4, 0.5) is 0 Å². The van der Waals surface area contributed by atoms with E-state index < -0.39 is 0 Å². The SMILES string of the molecule is Clc1ncn(C23C[C@@H]4C[C@H](CC(c5nc6c7cnn(-c8ccccc8)c7ncn6n5)(C4)C2)C3)n1. The van der Waals surface area contributed by atoms with Gasteiger partial charge in [0.2, 0.25) is 5.28 Å². The second kappa shape index (κ2) is 6.41. The van der Waals surface area contributed by atoms with Crippen molar-refractivity contribution < 1.29 is 0 Å². The van der Waals surface area contributed by atoms with Gasteiger partial charge in [-0.1, -0.05) is 18.2 Å². The number of hydrogen-bond acceptors (Lipinski definition) is 6. The highest BCUT2D eigenvalue weighted by Crippen LogP contribution is 2.64. The fraction of sp³-hybridized carbons (Fsp3) is 0.417. The van der Waals surface area contributed by atoms with Crippen LogP contribution in [0, 0.1) is 11.8 Å². The number of aromatic nitrogens is 9. The molecule has 2 atom stereocenters. The monoisotopic (exact) mass is 471 g/mol. The van der Waals surface area contributed by atoms with Crippen LogP contribution in [-0.2, 0) is 11.0 Å². The summed E-state index contributed by atoms with van der Waals surface area (Å²) in [7, 11) is 0. The Balaban J connectivity index is 1.26. The topological polar surface area (TPSA) is 91.6 Å². The molecule has 0 unspecified atom stereocenters. The molecule has 0 amide bonds. The maximum Gasteiger partial charge on any atom is 0.242 e. The summed E-state index contributed by atoms with van der Waals surface area (Å²) < 4.78 is 5.73. The van der Waals surface area contributed by atoms with E-state index >= 15 is 0 Å². The van der Waals surface area contributed by atoms with Crippen molar-refractivity contribution in [1.82, 2.24) is 44.1 Å². The number of hydrogen-bond donors (Lipinski definition) is 0. The van der Waals surface area contributed by atoms with Crippen molar-refractivity contribution in [2.45, 2.75) is 49.5 Å². The lowest BCUT2D eigenvalue weighted by molar-refractivity contribution is -0.0715. The first kappa shape index (κ1) is 19.0. The Morgan fingerprint density at radius 2 is 1.74 bits per heavy atom. The molecule has 0 N–H and O–H groups in total. The van der Waals surface area contributed by atoms with Gasteiger partial charge in [-0.3, -0.25) is 0 Å². The number of para-hydroxylation sites is 1. The highest BCUT2D eigenvalue weighted by molar-refractivity contribution is 6.28. The fourth-order valence-corrected chi connectivity index (χ4v) is 7.64. The second-order valence-corrected chi connectivity index (χ2v) is 10.8. The van der Waals surface area contributed by atoms with Gasteiger partial charge in [-0.15, -0.1) is 10.2 Å². The molecule has 4 saturated carbocycles. The van der Waals surface area contributed by atoms with E-state index in [9.17, 15) is 0 Å². The minimum absolute atomic E-state index is 0.0481. The molecule has 34 heavy (non-hydrogen) atoms. The van der Waals surface area contributed by atoms with Crippen LogP contribution in [0.25, 0.3) is 22.4 Å². The second-order valence-electron chi connectivity index (χ2n) is 10.5. The molecule has 0 saturated heterocycles. The van der Waals surface area contributed by atoms with Gasteiger partial charge in [-0.05, 0) is 74.1 Å². The normalized spacial score (nSPS) is 30.0. The van der Waals surface area contributed by atoms with Crippen molar-refractivity contribution in [3.8, 4) is 5.69 Å². The van der Waals surface area contributed by atoms with Crippen LogP contribution in [-0.4, -0.2) is 44.1 Å². The highest BCUT2D eigenvalue weighted by atomic mass is 35.5. The zero-order chi connectivity index (χ0) is 22.5. The first-order valence-electron chi connectivity index (χ1n) is 11.8. The quantitative estimate of drug-likeness (QED) is 0.395. The molecule has 1 aromatic carbocycles. The van der Waals surface area contributed by atoms with E-state index in [1.165, 1.54) is 6.42 Å². The Labute approximate surface area is 199 Å². The van der Waals surface area contributed by atoms with E-state index in [1.807, 2.05) is 56.7 Å². The van der Waals surface area contributed by atoms with Crippen molar-refractivity contribution in [1.29, 1.82) is 0 Å². The van der Waals surface area contributed by atoms with E-state index in [-0.39, 0.29) is 11.0 Å². The summed E-state index contributed by atoms with van der Waals surface area (Å²) in [5, 5.41) is 15.4. The maximum atomic E-state index is 6.12. The van der Waals surface area contributed by atoms with Gasteiger partial charge < -0.3 is 0 Å². The molecule has 9 nitrogen and oxygen atoms in total. The summed E-state index contributed by atoms with van der Waals surface area (Å²) in [6.07, 6.45) is 12.2. The molecule has 0 radical (unpaired) electrons. The smallest absolute Gasteiger partial charge is 0.242 e. The lowest BCUT2D eigenvalue weighted by Crippen LogP contribution is -2.58. The summed E-state index contributed by atoms with van der Waals surface area (Å²) in [5.41, 5.74) is 2.47. The molecule has 4 bridgehead atoms. The molecule has 4 fully saturated rings. The molecule has 9 rings (SSSR count). The number of halogens is 1. The molecule has 4 heterocycles. The Kier molecular flexibility index (Phi) is 3.59. The van der Waals surface area contributed by atoms with Gasteiger partial charge >= 0.3 is 0 Å². The summed E-state index contributed by atoms with van der Waals surface area (Å²) in [6.45, 7) is 0. The third-order valence-corrected chi connectivity index (χ3v) is 8.53. The summed E-state index contributed by atoms with van der Waals surface area (Å²) in [6, 6.07) is 10.1. The molecule has 4 aliphatic rings. The van der Waals surface area contributed by atoms with Crippen LogP contribution in [0.1, 0.15) is 44.3 Å². The Bertz CT molecular complexity index is 1550. The van der Waals surface area contributed by atoms with Gasteiger partial charge in [0.05, 0.1) is 22.8 Å². The van der Waals surface area contributed by atoms with Crippen molar-refractivity contribution in [2.75, 3.05) is 0 Å². The average Bonchev–Trinajstić information content (AvgIpc) is 3.56. The lowest BCUT2D eigenvalue weighted by Gasteiger charge is -2.60. The van der Waals surface area contributed by atoms with Crippen LogP contribution in [0.5, 0.6) is 0 Å². The Morgan fingerprint density at radius 1 is 0.912 bits per heavy atom. The molecule has 0 spiro atoms. The third-order valence-electron chi connectivity index (χ3n) is 8.36. The van der Waals surface area contributed by atoms with E-state index in [1.54, 1.807) is 6.33 Å². The van der Waals surface area contributed by atoms with E-state index in [0.29, 0.717) is 17.1 Å². The van der Waals surface area contributed by atoms with Gasteiger partial charge in [-0.2, -0.15) is 5.10 Å². The van der Waals surface area contributed by atoms with E-state index in [2.05, 4.69) is 15.2 Å². The molecule has 4 aliphatic carbocycles. The molecular formula is C24H22ClN9. The minimum Gasteiger partial charge on any atom is -0.245 e. The minimum atomic E-state index is -0.0592. The van der Waals surface area contributed by atoms with Gasteiger partial charge in [0.25, 0.3) is 0 Å². The van der Waals surface area contributed by atoms with Crippen molar-refractivity contribution >= 4 is 28.3 Å². The molecular weight excluding hydrogens is 450 g/mol. The van der Waals surface area contributed by atoms with Gasteiger partial charge in [0.1, 0.15) is 12.7 Å². The van der Waals surface area contributed by atoms with Crippen LogP contribution < -0.4 is 0 Å². The van der Waals surface area contributed by atoms with Crippen molar-refractivity contribution in [2.24, 2.45) is 11.8 Å². The summed E-state index contributed by atoms with van der Waals surface area (Å²) in [5.74, 6) is 2.23. The summed E-state index contributed by atoms with van der Waals surface area (Å²) >= 11 is 6.12. The average molecular weight is 472 g/mol. The molecule has 5 aromatic rings. The first-order chi connectivity index (χ1) is 16.6. The van der Waals surface area contributed by atoms with Crippen molar-refractivity contribution in [3.05, 3.63) is 60.3 Å². The van der Waals surface area contributed by atoms with Crippen LogP contribution >= 0.6 is 11.6 Å². The van der Waals surface area contributed by atoms with Gasteiger partial charge in [0.15, 0.2) is 17.1 Å². The first-order valence-corrected chi connectivity index (χ1v) is 12.2. The van der Waals surface area contributed by atoms with Gasteiger partial charge in [-0.25, -0.2) is 28.8 Å². The lowest BCUT2D eigenvalue weighted by atomic mass is 9.46. The van der Waals surface area contributed by atoms with E-state index in [0.717, 1.165) is 60.3 Å². The van der Waals surface area contributed by atoms with Crippen LogP contribution in [0.15, 0.2) is 49.2 Å². The number of nitrogens with zero attached hydrogens (tertiary/aromatic N) is 9. The highest BCUT2D eigenvalue weighted by Gasteiger charge is 2.61. The standard InChI is InChI=1S/C24H22ClN9/c25-22-27-14-33(31-22)24-9-15-6-16(10-24)8-23(7-15,12-24)21-29-20-18-11-28-34(17-4-2-1-3-5-17)19(18)26-13-32(20)30-21/h1-5,11,13-16H,6-10,12H2/t15-,16-,23?,24?/m1/s1. The number of fused-ring (bicyclic) bond motifs is 3.